The summed E-state index contributed by atoms with van der Waals surface area (Å²) in [7, 11) is 0. The second-order valence-electron chi connectivity index (χ2n) is 7.71. The Labute approximate surface area is 151 Å². The molecule has 1 aromatic carbocycles. The summed E-state index contributed by atoms with van der Waals surface area (Å²) in [6, 6.07) is 6.54. The fourth-order valence-electron chi connectivity index (χ4n) is 2.65. The molecule has 0 spiro atoms. The largest absolute Gasteiger partial charge is 0.353 e. The van der Waals surface area contributed by atoms with Crippen LogP contribution in [0.25, 0.3) is 0 Å². The van der Waals surface area contributed by atoms with Crippen LogP contribution in [0, 0.1) is 19.3 Å². The van der Waals surface area contributed by atoms with Gasteiger partial charge in [0.1, 0.15) is 0 Å². The zero-order valence-corrected chi connectivity index (χ0v) is 16.2. The maximum absolute atomic E-state index is 12.1. The quantitative estimate of drug-likeness (QED) is 0.802. The standard InChI is InChI=1S/C19H29N3OS/c1-13-6-7-16(12-14(13)2)21-18(24)22-10-8-15(9-11-22)20-17(23)19(3,4)5/h6-7,12,15H,8-11H2,1-5H3,(H,20,23)(H,21,24). The SMILES string of the molecule is Cc1ccc(NC(=S)N2CCC(NC(=O)C(C)(C)C)CC2)cc1C. The normalized spacial score (nSPS) is 16.0. The average Bonchev–Trinajstić information content (AvgIpc) is 2.50. The van der Waals surface area contributed by atoms with Gasteiger partial charge in [-0.1, -0.05) is 26.8 Å². The van der Waals surface area contributed by atoms with Crippen LogP contribution in [0.2, 0.25) is 0 Å². The third-order valence-electron chi connectivity index (χ3n) is 4.56. The number of likely N-dealkylation sites (tertiary alicyclic amines) is 1. The molecule has 0 atom stereocenters. The topological polar surface area (TPSA) is 44.4 Å². The molecule has 1 amide bonds. The lowest BCUT2D eigenvalue weighted by molar-refractivity contribution is -0.129. The molecule has 0 unspecified atom stereocenters. The molecule has 1 heterocycles. The van der Waals surface area contributed by atoms with Gasteiger partial charge in [0.2, 0.25) is 5.91 Å². The maximum atomic E-state index is 12.1. The molecule has 132 valence electrons. The Morgan fingerprint density at radius 3 is 2.33 bits per heavy atom. The third-order valence-corrected chi connectivity index (χ3v) is 4.92. The summed E-state index contributed by atoms with van der Waals surface area (Å²) in [5.74, 6) is 0.122. The minimum Gasteiger partial charge on any atom is -0.353 e. The minimum atomic E-state index is -0.336. The van der Waals surface area contributed by atoms with Crippen LogP contribution in [0.3, 0.4) is 0 Å². The first kappa shape index (κ1) is 18.7. The van der Waals surface area contributed by atoms with E-state index in [1.54, 1.807) is 0 Å². The van der Waals surface area contributed by atoms with Crippen molar-refractivity contribution in [3.63, 3.8) is 0 Å². The molecule has 0 radical (unpaired) electrons. The van der Waals surface area contributed by atoms with E-state index in [4.69, 9.17) is 12.2 Å². The molecule has 1 aromatic rings. The number of piperidine rings is 1. The lowest BCUT2D eigenvalue weighted by atomic mass is 9.94. The third kappa shape index (κ3) is 4.94. The van der Waals surface area contributed by atoms with Crippen molar-refractivity contribution in [3.8, 4) is 0 Å². The van der Waals surface area contributed by atoms with Gasteiger partial charge in [-0.05, 0) is 62.2 Å². The van der Waals surface area contributed by atoms with E-state index in [1.807, 2.05) is 20.8 Å². The first-order valence-corrected chi connectivity index (χ1v) is 9.02. The first-order valence-electron chi connectivity index (χ1n) is 8.61. The van der Waals surface area contributed by atoms with Crippen molar-refractivity contribution in [2.45, 2.75) is 53.5 Å². The van der Waals surface area contributed by atoms with Crippen molar-refractivity contribution in [1.82, 2.24) is 10.2 Å². The zero-order chi connectivity index (χ0) is 17.9. The summed E-state index contributed by atoms with van der Waals surface area (Å²) in [4.78, 5) is 14.3. The van der Waals surface area contributed by atoms with Crippen molar-refractivity contribution < 1.29 is 4.79 Å². The summed E-state index contributed by atoms with van der Waals surface area (Å²) in [6.07, 6.45) is 1.85. The van der Waals surface area contributed by atoms with Crippen molar-refractivity contribution in [1.29, 1.82) is 0 Å². The zero-order valence-electron chi connectivity index (χ0n) is 15.4. The number of thiocarbonyl (C=S) groups is 1. The number of hydrogen-bond acceptors (Lipinski definition) is 2. The molecule has 4 nitrogen and oxygen atoms in total. The van der Waals surface area contributed by atoms with Crippen LogP contribution in [0.1, 0.15) is 44.7 Å². The molecule has 0 aliphatic carbocycles. The summed E-state index contributed by atoms with van der Waals surface area (Å²) in [5.41, 5.74) is 3.23. The highest BCUT2D eigenvalue weighted by Gasteiger charge is 2.27. The fourth-order valence-corrected chi connectivity index (χ4v) is 2.95. The first-order chi connectivity index (χ1) is 11.2. The lowest BCUT2D eigenvalue weighted by Crippen LogP contribution is -2.49. The van der Waals surface area contributed by atoms with Gasteiger partial charge in [-0.15, -0.1) is 0 Å². The Kier molecular flexibility index (Phi) is 5.86. The van der Waals surface area contributed by atoms with Crippen LogP contribution >= 0.6 is 12.2 Å². The summed E-state index contributed by atoms with van der Waals surface area (Å²) < 4.78 is 0. The van der Waals surface area contributed by atoms with Gasteiger partial charge in [0, 0.05) is 30.2 Å². The van der Waals surface area contributed by atoms with Gasteiger partial charge in [0.15, 0.2) is 5.11 Å². The van der Waals surface area contributed by atoms with E-state index < -0.39 is 0 Å². The Bertz CT molecular complexity index is 614. The van der Waals surface area contributed by atoms with Crippen LogP contribution in [0.15, 0.2) is 18.2 Å². The molecule has 24 heavy (non-hydrogen) atoms. The van der Waals surface area contributed by atoms with Gasteiger partial charge >= 0.3 is 0 Å². The fraction of sp³-hybridized carbons (Fsp3) is 0.579. The van der Waals surface area contributed by atoms with Gasteiger partial charge in [-0.2, -0.15) is 0 Å². The Morgan fingerprint density at radius 1 is 1.17 bits per heavy atom. The Hall–Kier alpha value is -1.62. The van der Waals surface area contributed by atoms with Crippen LogP contribution in [0.4, 0.5) is 5.69 Å². The molecule has 5 heteroatoms. The number of aryl methyl sites for hydroxylation is 2. The van der Waals surface area contributed by atoms with E-state index in [-0.39, 0.29) is 17.4 Å². The molecule has 0 aromatic heterocycles. The second-order valence-corrected chi connectivity index (χ2v) is 8.10. The number of nitrogens with zero attached hydrogens (tertiary/aromatic N) is 1. The lowest BCUT2D eigenvalue weighted by Gasteiger charge is -2.35. The molecule has 2 rings (SSSR count). The molecule has 2 N–H and O–H groups in total. The van der Waals surface area contributed by atoms with Crippen molar-refractivity contribution in [2.75, 3.05) is 18.4 Å². The summed E-state index contributed by atoms with van der Waals surface area (Å²) >= 11 is 5.55. The Morgan fingerprint density at radius 2 is 1.79 bits per heavy atom. The highest BCUT2D eigenvalue weighted by molar-refractivity contribution is 7.80. The predicted molar refractivity (Wildman–Crippen MR) is 104 cm³/mol. The van der Waals surface area contributed by atoms with Gasteiger partial charge in [0.05, 0.1) is 0 Å². The number of carbonyl (C=O) groups excluding carboxylic acids is 1. The van der Waals surface area contributed by atoms with Crippen LogP contribution in [-0.4, -0.2) is 35.1 Å². The minimum absolute atomic E-state index is 0.122. The highest BCUT2D eigenvalue weighted by atomic mass is 32.1. The molecular formula is C19H29N3OS. The van der Waals surface area contributed by atoms with E-state index in [0.29, 0.717) is 0 Å². The van der Waals surface area contributed by atoms with Gasteiger partial charge in [-0.3, -0.25) is 4.79 Å². The van der Waals surface area contributed by atoms with Crippen LogP contribution in [0.5, 0.6) is 0 Å². The number of anilines is 1. The molecule has 1 aliphatic rings. The van der Waals surface area contributed by atoms with E-state index in [0.717, 1.165) is 36.7 Å². The van der Waals surface area contributed by atoms with Crippen molar-refractivity contribution in [2.24, 2.45) is 5.41 Å². The second kappa shape index (κ2) is 7.51. The summed E-state index contributed by atoms with van der Waals surface area (Å²) in [5, 5.41) is 7.24. The van der Waals surface area contributed by atoms with E-state index >= 15 is 0 Å². The van der Waals surface area contributed by atoms with E-state index in [2.05, 4.69) is 47.6 Å². The predicted octanol–water partition coefficient (Wildman–Crippen LogP) is 3.63. The van der Waals surface area contributed by atoms with E-state index in [1.165, 1.54) is 11.1 Å². The number of hydrogen-bond donors (Lipinski definition) is 2. The number of benzene rings is 1. The molecule has 0 bridgehead atoms. The Balaban J connectivity index is 1.84. The van der Waals surface area contributed by atoms with Crippen molar-refractivity contribution >= 4 is 28.9 Å². The van der Waals surface area contributed by atoms with Crippen molar-refractivity contribution in [3.05, 3.63) is 29.3 Å². The number of amides is 1. The molecule has 1 saturated heterocycles. The van der Waals surface area contributed by atoms with E-state index in [9.17, 15) is 4.79 Å². The van der Waals surface area contributed by atoms with Gasteiger partial charge in [0.25, 0.3) is 0 Å². The van der Waals surface area contributed by atoms with Gasteiger partial charge < -0.3 is 15.5 Å². The average molecular weight is 348 g/mol. The van der Waals surface area contributed by atoms with Gasteiger partial charge in [-0.25, -0.2) is 0 Å². The maximum Gasteiger partial charge on any atom is 0.225 e. The molecule has 1 aliphatic heterocycles. The molecule has 0 saturated carbocycles. The summed E-state index contributed by atoms with van der Waals surface area (Å²) in [6.45, 7) is 11.8. The molecular weight excluding hydrogens is 318 g/mol. The molecule has 1 fully saturated rings. The monoisotopic (exact) mass is 347 g/mol. The highest BCUT2D eigenvalue weighted by Crippen LogP contribution is 2.18. The number of rotatable bonds is 2. The van der Waals surface area contributed by atoms with Crippen LogP contribution < -0.4 is 10.6 Å². The van der Waals surface area contributed by atoms with Crippen LogP contribution in [-0.2, 0) is 4.79 Å². The number of nitrogens with one attached hydrogen (secondary N) is 2. The number of carbonyl (C=O) groups is 1. The smallest absolute Gasteiger partial charge is 0.225 e.